The summed E-state index contributed by atoms with van der Waals surface area (Å²) in [5.41, 5.74) is -0.962. The van der Waals surface area contributed by atoms with Gasteiger partial charge in [0.2, 0.25) is 0 Å². The van der Waals surface area contributed by atoms with Crippen LogP contribution < -0.4 is 0 Å². The molecule has 6 unspecified atom stereocenters. The lowest BCUT2D eigenvalue weighted by Crippen LogP contribution is -2.39. The lowest BCUT2D eigenvalue weighted by Gasteiger charge is -2.39. The zero-order valence-electron chi connectivity index (χ0n) is 49.3. The molecule has 0 aromatic carbocycles. The number of carbonyl (C=O) groups excluding carboxylic acids is 1. The second-order valence-corrected chi connectivity index (χ2v) is 27.3. The van der Waals surface area contributed by atoms with Gasteiger partial charge < -0.3 is 24.6 Å². The number of likely N-dealkylation sites (N-methyl/N-ethyl adjacent to an activating group) is 2. The fourth-order valence-corrected chi connectivity index (χ4v) is 11.9. The maximum Gasteiger partial charge on any atom is 0.508 e. The van der Waals surface area contributed by atoms with E-state index in [2.05, 4.69) is 141 Å². The van der Waals surface area contributed by atoms with Crippen molar-refractivity contribution in [2.45, 2.75) is 266 Å². The molecule has 0 aromatic heterocycles. The first-order valence-corrected chi connectivity index (χ1v) is 28.5. The van der Waals surface area contributed by atoms with Crippen molar-refractivity contribution in [1.29, 1.82) is 0 Å². The van der Waals surface area contributed by atoms with Gasteiger partial charge in [-0.1, -0.05) is 170 Å². The lowest BCUT2D eigenvalue weighted by molar-refractivity contribution is -0.156. The summed E-state index contributed by atoms with van der Waals surface area (Å²) in [5.74, 6) is -0.202. The highest BCUT2D eigenvalue weighted by atomic mass is 16.7. The minimum atomic E-state index is -0.743. The smallest absolute Gasteiger partial charge is 0.481 e. The standard InChI is InChI=1S/C60H118N2O7/c1-20-61(21-2)39-40-62(22-3)41-42-68-54(67)69-51(31-27-23-25-29-35-59(52(63)64,49(6)45-57(14,15)16)37-33-47(4)43-55(8,9)10)32-28-24-26-30-36-60(53(65)66,50(7)46-58(17,18)19)38-34-48(5)44-56(11,12)13/h47-51H,20-46H2,1-19H3,(H,63,64)(H,65,66). The summed E-state index contributed by atoms with van der Waals surface area (Å²) >= 11 is 0. The van der Waals surface area contributed by atoms with Gasteiger partial charge in [-0.3, -0.25) is 14.5 Å². The number of unbranched alkanes of at least 4 members (excludes halogenated alkanes) is 6. The fraction of sp³-hybridized carbons (Fsp3) is 0.950. The number of carbonyl (C=O) groups is 3. The monoisotopic (exact) mass is 979 g/mol. The Kier molecular flexibility index (Phi) is 31.5. The van der Waals surface area contributed by atoms with Crippen molar-refractivity contribution < 1.29 is 34.1 Å². The van der Waals surface area contributed by atoms with E-state index in [-0.39, 0.29) is 39.6 Å². The van der Waals surface area contributed by atoms with E-state index in [0.717, 1.165) is 135 Å². The molecule has 0 aliphatic carbocycles. The minimum absolute atomic E-state index is 0.0478. The van der Waals surface area contributed by atoms with Crippen LogP contribution in [0.3, 0.4) is 0 Å². The first kappa shape index (κ1) is 67.1. The molecule has 9 nitrogen and oxygen atoms in total. The highest BCUT2D eigenvalue weighted by molar-refractivity contribution is 5.75. The van der Waals surface area contributed by atoms with E-state index in [1.165, 1.54) is 0 Å². The molecule has 0 amide bonds. The second-order valence-electron chi connectivity index (χ2n) is 27.3. The van der Waals surface area contributed by atoms with Crippen LogP contribution in [0, 0.1) is 56.2 Å². The van der Waals surface area contributed by atoms with Gasteiger partial charge in [-0.05, 0) is 155 Å². The Morgan fingerprint density at radius 2 is 0.797 bits per heavy atom. The number of nitrogens with zero attached hydrogens (tertiary/aromatic N) is 2. The van der Waals surface area contributed by atoms with Gasteiger partial charge in [0.1, 0.15) is 12.7 Å². The Labute approximate surface area is 428 Å². The Morgan fingerprint density at radius 1 is 0.449 bits per heavy atom. The number of rotatable bonds is 38. The molecule has 0 aliphatic heterocycles. The Bertz CT molecular complexity index is 1300. The van der Waals surface area contributed by atoms with Crippen LogP contribution in [0.5, 0.6) is 0 Å². The second kappa shape index (κ2) is 32.3. The molecule has 0 rings (SSSR count). The van der Waals surface area contributed by atoms with Crippen molar-refractivity contribution >= 4 is 18.1 Å². The summed E-state index contributed by atoms with van der Waals surface area (Å²) in [7, 11) is 0. The van der Waals surface area contributed by atoms with Crippen molar-refractivity contribution in [3.05, 3.63) is 0 Å². The van der Waals surface area contributed by atoms with Gasteiger partial charge in [0, 0.05) is 19.6 Å². The predicted molar refractivity (Wildman–Crippen MR) is 293 cm³/mol. The molecule has 0 bridgehead atoms. The van der Waals surface area contributed by atoms with Gasteiger partial charge in [-0.25, -0.2) is 4.79 Å². The molecule has 0 aliphatic rings. The van der Waals surface area contributed by atoms with Gasteiger partial charge >= 0.3 is 18.1 Å². The van der Waals surface area contributed by atoms with Crippen LogP contribution in [0.2, 0.25) is 0 Å². The zero-order valence-corrected chi connectivity index (χ0v) is 49.3. The van der Waals surface area contributed by atoms with Gasteiger partial charge in [-0.2, -0.15) is 0 Å². The largest absolute Gasteiger partial charge is 0.508 e. The molecule has 0 saturated heterocycles. The summed E-state index contributed by atoms with van der Waals surface area (Å²) in [6.07, 6.45) is 16.5. The topological polar surface area (TPSA) is 117 Å². The molecule has 0 radical (unpaired) electrons. The van der Waals surface area contributed by atoms with Gasteiger partial charge in [0.25, 0.3) is 0 Å². The first-order chi connectivity index (χ1) is 31.7. The molecule has 0 fully saturated rings. The predicted octanol–water partition coefficient (Wildman–Crippen LogP) is 16.8. The van der Waals surface area contributed by atoms with Crippen LogP contribution in [0.1, 0.15) is 260 Å². The van der Waals surface area contributed by atoms with Crippen LogP contribution in [-0.4, -0.2) is 90.1 Å². The molecule has 0 heterocycles. The van der Waals surface area contributed by atoms with Crippen LogP contribution >= 0.6 is 0 Å². The molecule has 0 spiro atoms. The molecule has 0 aromatic rings. The van der Waals surface area contributed by atoms with E-state index < -0.39 is 28.9 Å². The number of hydrogen-bond donors (Lipinski definition) is 2. The zero-order chi connectivity index (χ0) is 53.3. The molecule has 410 valence electrons. The van der Waals surface area contributed by atoms with E-state index in [9.17, 15) is 24.6 Å². The Morgan fingerprint density at radius 3 is 1.13 bits per heavy atom. The summed E-state index contributed by atoms with van der Waals surface area (Å²) in [5, 5.41) is 21.8. The number of carboxylic acid groups (broad SMARTS) is 2. The molecular formula is C60H118N2O7. The van der Waals surface area contributed by atoms with E-state index >= 15 is 0 Å². The number of hydrogen-bond acceptors (Lipinski definition) is 7. The fourth-order valence-electron chi connectivity index (χ4n) is 11.9. The van der Waals surface area contributed by atoms with Crippen molar-refractivity contribution in [3.63, 3.8) is 0 Å². The highest BCUT2D eigenvalue weighted by Crippen LogP contribution is 2.47. The van der Waals surface area contributed by atoms with Gasteiger partial charge in [-0.15, -0.1) is 0 Å². The van der Waals surface area contributed by atoms with Crippen molar-refractivity contribution in [3.8, 4) is 0 Å². The summed E-state index contributed by atoms with van der Waals surface area (Å²) < 4.78 is 11.8. The summed E-state index contributed by atoms with van der Waals surface area (Å²) in [6, 6.07) is 0. The average Bonchev–Trinajstić information content (AvgIpc) is 3.19. The molecular weight excluding hydrogens is 861 g/mol. The highest BCUT2D eigenvalue weighted by Gasteiger charge is 2.45. The van der Waals surface area contributed by atoms with Crippen molar-refractivity contribution in [2.24, 2.45) is 56.2 Å². The normalized spacial score (nSPS) is 16.9. The third kappa shape index (κ3) is 30.1. The number of carboxylic acids is 2. The first-order valence-electron chi connectivity index (χ1n) is 28.5. The number of ether oxygens (including phenoxy) is 2. The Hall–Kier alpha value is -1.87. The molecule has 0 saturated carbocycles. The van der Waals surface area contributed by atoms with E-state index in [4.69, 9.17) is 9.47 Å². The third-order valence-electron chi connectivity index (χ3n) is 15.4. The molecule has 6 atom stereocenters. The van der Waals surface area contributed by atoms with Crippen molar-refractivity contribution in [1.82, 2.24) is 9.80 Å². The van der Waals surface area contributed by atoms with E-state index in [1.54, 1.807) is 0 Å². The van der Waals surface area contributed by atoms with Gasteiger partial charge in [0.15, 0.2) is 0 Å². The SMILES string of the molecule is CCN(CC)CCN(CC)CCOC(=O)OC(CCCCCCC(CCC(C)CC(C)(C)C)(C(=O)O)C(C)CC(C)(C)C)CCCCCCC(CCC(C)CC(C)(C)C)(C(=O)O)C(C)CC(C)(C)C. The van der Waals surface area contributed by atoms with Crippen LogP contribution in [0.25, 0.3) is 0 Å². The average molecular weight is 980 g/mol. The van der Waals surface area contributed by atoms with Crippen molar-refractivity contribution in [2.75, 3.05) is 45.9 Å². The summed E-state index contributed by atoms with van der Waals surface area (Å²) in [6.45, 7) is 48.2. The number of aliphatic carboxylic acids is 2. The van der Waals surface area contributed by atoms with Gasteiger partial charge in [0.05, 0.1) is 10.8 Å². The maximum absolute atomic E-state index is 13.3. The minimum Gasteiger partial charge on any atom is -0.481 e. The van der Waals surface area contributed by atoms with Crippen LogP contribution in [0.15, 0.2) is 0 Å². The quantitative estimate of drug-likeness (QED) is 0.0461. The Balaban J connectivity index is 5.92. The molecule has 2 N–H and O–H groups in total. The van der Waals surface area contributed by atoms with E-state index in [0.29, 0.717) is 50.7 Å². The van der Waals surface area contributed by atoms with E-state index in [1.807, 2.05) is 0 Å². The van der Waals surface area contributed by atoms with Crippen LogP contribution in [-0.2, 0) is 19.1 Å². The maximum atomic E-state index is 13.3. The molecule has 9 heteroatoms. The van der Waals surface area contributed by atoms with Crippen LogP contribution in [0.4, 0.5) is 4.79 Å². The summed E-state index contributed by atoms with van der Waals surface area (Å²) in [4.78, 5) is 44.5. The molecule has 69 heavy (non-hydrogen) atoms. The lowest BCUT2D eigenvalue weighted by atomic mass is 9.64. The third-order valence-corrected chi connectivity index (χ3v) is 15.4.